The van der Waals surface area contributed by atoms with Gasteiger partial charge in [-0.05, 0) is 37.3 Å². The van der Waals surface area contributed by atoms with Crippen LogP contribution in [0.3, 0.4) is 0 Å². The number of thiophene rings is 2. The number of carbonyl (C=O) groups is 2. The molecule has 5 nitrogen and oxygen atoms in total. The molecule has 0 saturated heterocycles. The molecule has 2 heterocycles. The maximum atomic E-state index is 12.3. The van der Waals surface area contributed by atoms with Crippen LogP contribution in [0.15, 0.2) is 24.3 Å². The average molecular weight is 431 g/mol. The van der Waals surface area contributed by atoms with Gasteiger partial charge in [0.2, 0.25) is 0 Å². The zero-order valence-corrected chi connectivity index (χ0v) is 17.1. The number of rotatable bonds is 4. The van der Waals surface area contributed by atoms with Crippen molar-refractivity contribution in [3.05, 3.63) is 50.2 Å². The summed E-state index contributed by atoms with van der Waals surface area (Å²) in [6, 6.07) is 9.61. The van der Waals surface area contributed by atoms with Crippen molar-refractivity contribution in [3.63, 3.8) is 0 Å². The fraction of sp³-hybridized carbons (Fsp3) is 0.250. The van der Waals surface area contributed by atoms with Crippen molar-refractivity contribution in [3.8, 4) is 6.07 Å². The van der Waals surface area contributed by atoms with Gasteiger partial charge in [-0.15, -0.1) is 22.7 Å². The molecule has 0 unspecified atom stereocenters. The van der Waals surface area contributed by atoms with Crippen LogP contribution in [0.5, 0.6) is 0 Å². The number of anilines is 1. The summed E-state index contributed by atoms with van der Waals surface area (Å²) >= 11 is 8.94. The molecule has 0 atom stereocenters. The summed E-state index contributed by atoms with van der Waals surface area (Å²) in [5.41, 5.74) is 1.58. The number of fused-ring (bicyclic) bond motifs is 2. The summed E-state index contributed by atoms with van der Waals surface area (Å²) in [6.07, 6.45) is 3.95. The topological polar surface area (TPSA) is 79.2 Å². The minimum Gasteiger partial charge on any atom is -0.451 e. The van der Waals surface area contributed by atoms with Crippen molar-refractivity contribution in [2.24, 2.45) is 0 Å². The zero-order valence-electron chi connectivity index (χ0n) is 14.7. The maximum Gasteiger partial charge on any atom is 0.350 e. The van der Waals surface area contributed by atoms with Crippen molar-refractivity contribution in [2.45, 2.75) is 25.7 Å². The fourth-order valence-corrected chi connectivity index (χ4v) is 5.93. The van der Waals surface area contributed by atoms with Crippen LogP contribution in [0.25, 0.3) is 10.1 Å². The van der Waals surface area contributed by atoms with Crippen LogP contribution in [0.4, 0.5) is 5.00 Å². The maximum absolute atomic E-state index is 12.3. The first kappa shape index (κ1) is 18.9. The highest BCUT2D eigenvalue weighted by Gasteiger charge is 2.23. The number of aryl methyl sites for hydroxylation is 1. The van der Waals surface area contributed by atoms with Gasteiger partial charge in [0.05, 0.1) is 10.6 Å². The molecule has 0 saturated carbocycles. The fourth-order valence-electron chi connectivity index (χ4n) is 3.28. The van der Waals surface area contributed by atoms with Crippen LogP contribution < -0.4 is 5.32 Å². The first-order chi connectivity index (χ1) is 13.6. The molecule has 8 heteroatoms. The summed E-state index contributed by atoms with van der Waals surface area (Å²) in [7, 11) is 0. The molecule has 1 amide bonds. The standard InChI is InChI=1S/C20H15ClN2O3S2/c21-17-12-6-2-4-8-15(12)27-18(17)20(25)26-10-16(24)23-19-13(9-22)11-5-1-3-7-14(11)28-19/h2,4,6,8H,1,3,5,7,10H2,(H,23,24). The minimum atomic E-state index is -0.632. The van der Waals surface area contributed by atoms with E-state index in [2.05, 4.69) is 11.4 Å². The first-order valence-corrected chi connectivity index (χ1v) is 10.8. The lowest BCUT2D eigenvalue weighted by Crippen LogP contribution is -2.20. The van der Waals surface area contributed by atoms with Gasteiger partial charge in [0.15, 0.2) is 6.61 Å². The third kappa shape index (κ3) is 3.51. The summed E-state index contributed by atoms with van der Waals surface area (Å²) in [5, 5.41) is 13.8. The van der Waals surface area contributed by atoms with Gasteiger partial charge >= 0.3 is 5.97 Å². The lowest BCUT2D eigenvalue weighted by Gasteiger charge is -2.09. The highest BCUT2D eigenvalue weighted by atomic mass is 35.5. The second kappa shape index (κ2) is 7.92. The second-order valence-electron chi connectivity index (χ2n) is 6.39. The van der Waals surface area contributed by atoms with Gasteiger partial charge in [-0.3, -0.25) is 4.79 Å². The Bertz CT molecular complexity index is 1130. The molecule has 4 rings (SSSR count). The normalized spacial score (nSPS) is 13.0. The van der Waals surface area contributed by atoms with E-state index in [-0.39, 0.29) is 4.88 Å². The Balaban J connectivity index is 1.43. The predicted molar refractivity (Wildman–Crippen MR) is 111 cm³/mol. The molecule has 28 heavy (non-hydrogen) atoms. The number of hydrogen-bond donors (Lipinski definition) is 1. The van der Waals surface area contributed by atoms with E-state index in [4.69, 9.17) is 16.3 Å². The van der Waals surface area contributed by atoms with Crippen LogP contribution in [-0.2, 0) is 22.4 Å². The molecule has 1 aliphatic rings. The molecule has 0 bridgehead atoms. The van der Waals surface area contributed by atoms with E-state index in [1.165, 1.54) is 22.7 Å². The molecule has 0 fully saturated rings. The number of nitriles is 1. The van der Waals surface area contributed by atoms with Crippen LogP contribution in [0.2, 0.25) is 5.02 Å². The molecular formula is C20H15ClN2O3S2. The van der Waals surface area contributed by atoms with Crippen molar-refractivity contribution in [2.75, 3.05) is 11.9 Å². The highest BCUT2D eigenvalue weighted by Crippen LogP contribution is 2.38. The number of esters is 1. The number of nitrogens with zero attached hydrogens (tertiary/aromatic N) is 1. The van der Waals surface area contributed by atoms with E-state index in [9.17, 15) is 14.9 Å². The van der Waals surface area contributed by atoms with Gasteiger partial charge in [-0.25, -0.2) is 4.79 Å². The highest BCUT2D eigenvalue weighted by molar-refractivity contribution is 7.21. The molecule has 0 spiro atoms. The van der Waals surface area contributed by atoms with Crippen molar-refractivity contribution < 1.29 is 14.3 Å². The van der Waals surface area contributed by atoms with Gasteiger partial charge in [0.25, 0.3) is 5.91 Å². The largest absolute Gasteiger partial charge is 0.451 e. The van der Waals surface area contributed by atoms with Gasteiger partial charge < -0.3 is 10.1 Å². The van der Waals surface area contributed by atoms with Crippen LogP contribution in [-0.4, -0.2) is 18.5 Å². The van der Waals surface area contributed by atoms with Crippen LogP contribution >= 0.6 is 34.3 Å². The van der Waals surface area contributed by atoms with Crippen molar-refractivity contribution in [1.82, 2.24) is 0 Å². The lowest BCUT2D eigenvalue weighted by molar-refractivity contribution is -0.119. The molecule has 142 valence electrons. The smallest absolute Gasteiger partial charge is 0.350 e. The monoisotopic (exact) mass is 430 g/mol. The Labute approximate surface area is 174 Å². The molecule has 1 N–H and O–H groups in total. The van der Waals surface area contributed by atoms with Crippen molar-refractivity contribution >= 4 is 61.2 Å². The summed E-state index contributed by atoms with van der Waals surface area (Å²) in [6.45, 7) is -0.434. The summed E-state index contributed by atoms with van der Waals surface area (Å²) in [4.78, 5) is 26.1. The van der Waals surface area contributed by atoms with E-state index >= 15 is 0 Å². The molecule has 2 aromatic heterocycles. The Hall–Kier alpha value is -2.40. The average Bonchev–Trinajstić information content (AvgIpc) is 3.23. The minimum absolute atomic E-state index is 0.278. The molecule has 0 radical (unpaired) electrons. The van der Waals surface area contributed by atoms with E-state index in [1.54, 1.807) is 0 Å². The van der Waals surface area contributed by atoms with Gasteiger partial charge in [-0.2, -0.15) is 5.26 Å². The summed E-state index contributed by atoms with van der Waals surface area (Å²) < 4.78 is 6.03. The quantitative estimate of drug-likeness (QED) is 0.579. The molecule has 1 aromatic carbocycles. The number of nitrogens with one attached hydrogen (secondary N) is 1. The predicted octanol–water partition coefficient (Wildman–Crippen LogP) is 5.16. The Morgan fingerprint density at radius 3 is 2.79 bits per heavy atom. The summed E-state index contributed by atoms with van der Waals surface area (Å²) in [5.74, 6) is -1.10. The van der Waals surface area contributed by atoms with Gasteiger partial charge in [0.1, 0.15) is 15.9 Å². The Kier molecular flexibility index (Phi) is 5.36. The SMILES string of the molecule is N#Cc1c(NC(=O)COC(=O)c2sc3ccccc3c2Cl)sc2c1CCCC2. The third-order valence-corrected chi connectivity index (χ3v) is 7.45. The number of hydrogen-bond acceptors (Lipinski definition) is 6. The third-order valence-electron chi connectivity index (χ3n) is 4.59. The first-order valence-electron chi connectivity index (χ1n) is 8.77. The number of halogens is 1. The van der Waals surface area contributed by atoms with E-state index in [0.29, 0.717) is 15.6 Å². The van der Waals surface area contributed by atoms with Crippen molar-refractivity contribution in [1.29, 1.82) is 5.26 Å². The number of benzene rings is 1. The number of amides is 1. The van der Waals surface area contributed by atoms with Gasteiger partial charge in [-0.1, -0.05) is 29.8 Å². The van der Waals surface area contributed by atoms with E-state index < -0.39 is 18.5 Å². The second-order valence-corrected chi connectivity index (χ2v) is 8.93. The van der Waals surface area contributed by atoms with E-state index in [0.717, 1.165) is 46.2 Å². The van der Waals surface area contributed by atoms with Crippen LogP contribution in [0.1, 0.15) is 38.5 Å². The lowest BCUT2D eigenvalue weighted by atomic mass is 9.96. The van der Waals surface area contributed by atoms with E-state index in [1.807, 2.05) is 24.3 Å². The van der Waals surface area contributed by atoms with Gasteiger partial charge in [0, 0.05) is 15.0 Å². The number of carbonyl (C=O) groups excluding carboxylic acids is 2. The molecule has 1 aliphatic carbocycles. The zero-order chi connectivity index (χ0) is 19.7. The van der Waals surface area contributed by atoms with Crippen LogP contribution in [0, 0.1) is 11.3 Å². The Morgan fingerprint density at radius 1 is 1.21 bits per heavy atom. The molecule has 0 aliphatic heterocycles. The molecule has 3 aromatic rings. The Morgan fingerprint density at radius 2 is 2.00 bits per heavy atom. The number of ether oxygens (including phenoxy) is 1. The molecular weight excluding hydrogens is 416 g/mol.